The van der Waals surface area contributed by atoms with Crippen LogP contribution in [0.4, 0.5) is 0 Å². The van der Waals surface area contributed by atoms with Crippen LogP contribution in [0.25, 0.3) is 0 Å². The second kappa shape index (κ2) is 3.25. The van der Waals surface area contributed by atoms with Crippen LogP contribution < -0.4 is 0 Å². The molecule has 0 bridgehead atoms. The molecule has 0 aromatic carbocycles. The minimum absolute atomic E-state index is 0.237. The van der Waals surface area contributed by atoms with E-state index in [0.29, 0.717) is 5.41 Å². The lowest BCUT2D eigenvalue weighted by Crippen LogP contribution is -2.27. The number of hydrogen-bond donors (Lipinski definition) is 0. The third kappa shape index (κ3) is 2.92. The molecule has 0 aliphatic rings. The Hall–Kier alpha value is -0.520. The zero-order valence-electron chi connectivity index (χ0n) is 8.44. The molecule has 0 aromatic rings. The van der Waals surface area contributed by atoms with Gasteiger partial charge in [0.05, 0.1) is 0 Å². The molecule has 0 saturated heterocycles. The Labute approximate surface area is 71.0 Å². The molecule has 64 valence electrons. The molecule has 0 radical (unpaired) electrons. The third-order valence-corrected chi connectivity index (χ3v) is 2.58. The maximum absolute atomic E-state index is 3.66. The summed E-state index contributed by atoms with van der Waals surface area (Å²) in [5, 5.41) is 0. The fourth-order valence-electron chi connectivity index (χ4n) is 0.559. The van der Waals surface area contributed by atoms with Gasteiger partial charge in [0.2, 0.25) is 0 Å². The predicted molar refractivity (Wildman–Crippen MR) is 52.6 cm³/mol. The first-order valence-electron chi connectivity index (χ1n) is 4.11. The van der Waals surface area contributed by atoms with E-state index in [2.05, 4.69) is 47.3 Å². The summed E-state index contributed by atoms with van der Waals surface area (Å²) in [4.78, 5) is 0. The Balaban J connectivity index is 4.46. The largest absolute Gasteiger partial charge is 0.0991 e. The van der Waals surface area contributed by atoms with Crippen molar-refractivity contribution in [2.75, 3.05) is 0 Å². The normalized spacial score (nSPS) is 13.9. The van der Waals surface area contributed by atoms with Crippen LogP contribution in [-0.4, -0.2) is 0 Å². The van der Waals surface area contributed by atoms with Crippen LogP contribution in [-0.2, 0) is 0 Å². The molecule has 0 unspecified atom stereocenters. The second-order valence-corrected chi connectivity index (χ2v) is 4.57. The summed E-state index contributed by atoms with van der Waals surface area (Å²) in [5.74, 6) is 0. The van der Waals surface area contributed by atoms with Gasteiger partial charge in [0.1, 0.15) is 0 Å². The lowest BCUT2D eigenvalue weighted by atomic mass is 9.69. The van der Waals surface area contributed by atoms with Gasteiger partial charge in [-0.05, 0) is 10.8 Å². The molecule has 0 atom stereocenters. The van der Waals surface area contributed by atoms with E-state index in [9.17, 15) is 0 Å². The van der Waals surface area contributed by atoms with Crippen LogP contribution in [0.1, 0.15) is 34.6 Å². The van der Waals surface area contributed by atoms with Crippen molar-refractivity contribution in [3.05, 3.63) is 24.8 Å². The molecule has 0 saturated carbocycles. The molecule has 0 amide bonds. The van der Waals surface area contributed by atoms with Crippen molar-refractivity contribution >= 4 is 0 Å². The standard InChI is InChI=1S/C11H20/c1-7-8-9-11(5,6)10(2,3)4/h7-9H,1H2,2-6H3/b9-8-. The van der Waals surface area contributed by atoms with Crippen molar-refractivity contribution in [1.29, 1.82) is 0 Å². The Morgan fingerprint density at radius 2 is 1.45 bits per heavy atom. The summed E-state index contributed by atoms with van der Waals surface area (Å²) in [6.45, 7) is 14.9. The monoisotopic (exact) mass is 152 g/mol. The fraction of sp³-hybridized carbons (Fsp3) is 0.636. The quantitative estimate of drug-likeness (QED) is 0.528. The predicted octanol–water partition coefficient (Wildman–Crippen LogP) is 3.80. The number of rotatable bonds is 2. The summed E-state index contributed by atoms with van der Waals surface area (Å²) in [6, 6.07) is 0. The van der Waals surface area contributed by atoms with Crippen LogP contribution in [0, 0.1) is 10.8 Å². The van der Waals surface area contributed by atoms with E-state index in [0.717, 1.165) is 0 Å². The zero-order chi connectivity index (χ0) is 9.12. The molecule has 0 aliphatic carbocycles. The summed E-state index contributed by atoms with van der Waals surface area (Å²) in [6.07, 6.45) is 6.05. The van der Waals surface area contributed by atoms with E-state index < -0.39 is 0 Å². The van der Waals surface area contributed by atoms with Crippen molar-refractivity contribution in [3.8, 4) is 0 Å². The topological polar surface area (TPSA) is 0 Å². The van der Waals surface area contributed by atoms with E-state index in [1.54, 1.807) is 0 Å². The highest BCUT2D eigenvalue weighted by molar-refractivity contribution is 5.07. The van der Waals surface area contributed by atoms with Crippen molar-refractivity contribution < 1.29 is 0 Å². The third-order valence-electron chi connectivity index (χ3n) is 2.58. The van der Waals surface area contributed by atoms with Gasteiger partial charge in [-0.15, -0.1) is 0 Å². The van der Waals surface area contributed by atoms with Crippen LogP contribution in [0.3, 0.4) is 0 Å². The Bertz CT molecular complexity index is 153. The minimum Gasteiger partial charge on any atom is -0.0991 e. The van der Waals surface area contributed by atoms with E-state index in [1.807, 2.05) is 12.2 Å². The summed E-state index contributed by atoms with van der Waals surface area (Å²) in [7, 11) is 0. The highest BCUT2D eigenvalue weighted by Crippen LogP contribution is 2.38. The molecule has 0 N–H and O–H groups in total. The Morgan fingerprint density at radius 1 is 1.00 bits per heavy atom. The first kappa shape index (κ1) is 10.5. The van der Waals surface area contributed by atoms with Gasteiger partial charge >= 0.3 is 0 Å². The van der Waals surface area contributed by atoms with Crippen molar-refractivity contribution in [1.82, 2.24) is 0 Å². The van der Waals surface area contributed by atoms with E-state index >= 15 is 0 Å². The van der Waals surface area contributed by atoms with Gasteiger partial charge in [-0.1, -0.05) is 59.4 Å². The highest BCUT2D eigenvalue weighted by Gasteiger charge is 2.29. The molecule has 11 heavy (non-hydrogen) atoms. The molecular formula is C11H20. The summed E-state index contributed by atoms with van der Waals surface area (Å²) in [5.41, 5.74) is 0.549. The van der Waals surface area contributed by atoms with Gasteiger partial charge in [-0.3, -0.25) is 0 Å². The summed E-state index contributed by atoms with van der Waals surface area (Å²) < 4.78 is 0. The summed E-state index contributed by atoms with van der Waals surface area (Å²) >= 11 is 0. The smallest absolute Gasteiger partial charge is 0.0123 e. The maximum Gasteiger partial charge on any atom is -0.0123 e. The van der Waals surface area contributed by atoms with E-state index in [-0.39, 0.29) is 5.41 Å². The van der Waals surface area contributed by atoms with Crippen molar-refractivity contribution in [2.45, 2.75) is 34.6 Å². The van der Waals surface area contributed by atoms with Crippen LogP contribution in [0.15, 0.2) is 24.8 Å². The first-order chi connectivity index (χ1) is 4.81. The van der Waals surface area contributed by atoms with Crippen LogP contribution in [0.5, 0.6) is 0 Å². The SMILES string of the molecule is C=C/C=C\C(C)(C)C(C)(C)C. The minimum atomic E-state index is 0.237. The van der Waals surface area contributed by atoms with Gasteiger partial charge in [-0.2, -0.15) is 0 Å². The van der Waals surface area contributed by atoms with Crippen molar-refractivity contribution in [2.24, 2.45) is 10.8 Å². The molecule has 0 spiro atoms. The van der Waals surface area contributed by atoms with Gasteiger partial charge in [0.15, 0.2) is 0 Å². The number of allylic oxidation sites excluding steroid dienone is 3. The molecule has 0 aromatic heterocycles. The van der Waals surface area contributed by atoms with Crippen LogP contribution in [0.2, 0.25) is 0 Å². The fourth-order valence-corrected chi connectivity index (χ4v) is 0.559. The molecule has 0 rings (SSSR count). The molecule has 0 fully saturated rings. The number of hydrogen-bond acceptors (Lipinski definition) is 0. The second-order valence-electron chi connectivity index (χ2n) is 4.57. The van der Waals surface area contributed by atoms with E-state index in [4.69, 9.17) is 0 Å². The lowest BCUT2D eigenvalue weighted by Gasteiger charge is -2.36. The van der Waals surface area contributed by atoms with Gasteiger partial charge < -0.3 is 0 Å². The Kier molecular flexibility index (Phi) is 3.10. The highest BCUT2D eigenvalue weighted by atomic mass is 14.3. The first-order valence-corrected chi connectivity index (χ1v) is 4.11. The van der Waals surface area contributed by atoms with E-state index in [1.165, 1.54) is 0 Å². The zero-order valence-corrected chi connectivity index (χ0v) is 8.44. The lowest BCUT2D eigenvalue weighted by molar-refractivity contribution is 0.193. The average molecular weight is 152 g/mol. The molecule has 0 heterocycles. The van der Waals surface area contributed by atoms with Crippen LogP contribution >= 0.6 is 0 Å². The molecule has 0 nitrogen and oxygen atoms in total. The van der Waals surface area contributed by atoms with Gasteiger partial charge in [0, 0.05) is 0 Å². The maximum atomic E-state index is 3.66. The van der Waals surface area contributed by atoms with Crippen molar-refractivity contribution in [3.63, 3.8) is 0 Å². The average Bonchev–Trinajstić information content (AvgIpc) is 1.81. The molecule has 0 aliphatic heterocycles. The Morgan fingerprint density at radius 3 is 1.73 bits per heavy atom. The molecular weight excluding hydrogens is 132 g/mol. The van der Waals surface area contributed by atoms with Gasteiger partial charge in [-0.25, -0.2) is 0 Å². The molecule has 0 heteroatoms. The van der Waals surface area contributed by atoms with Gasteiger partial charge in [0.25, 0.3) is 0 Å².